The van der Waals surface area contributed by atoms with Crippen molar-refractivity contribution in [2.75, 3.05) is 26.2 Å². The van der Waals surface area contributed by atoms with Gasteiger partial charge in [0.15, 0.2) is 5.82 Å². The molecule has 1 aromatic heterocycles. The van der Waals surface area contributed by atoms with Crippen molar-refractivity contribution in [2.45, 2.75) is 18.4 Å². The van der Waals surface area contributed by atoms with E-state index in [1.54, 1.807) is 18.2 Å². The van der Waals surface area contributed by atoms with Gasteiger partial charge in [0, 0.05) is 26.2 Å². The molecule has 0 aliphatic carbocycles. The molecule has 9 heteroatoms. The van der Waals surface area contributed by atoms with Crippen LogP contribution in [0.4, 0.5) is 0 Å². The Morgan fingerprint density at radius 3 is 2.41 bits per heavy atom. The van der Waals surface area contributed by atoms with Crippen molar-refractivity contribution in [1.82, 2.24) is 19.3 Å². The molecule has 2 heterocycles. The van der Waals surface area contributed by atoms with Crippen LogP contribution in [0.15, 0.2) is 57.9 Å². The molecule has 1 saturated heterocycles. The second-order valence-electron chi connectivity index (χ2n) is 6.99. The first-order chi connectivity index (χ1) is 13.9. The van der Waals surface area contributed by atoms with Gasteiger partial charge in [-0.2, -0.15) is 9.29 Å². The molecule has 1 aliphatic heterocycles. The molecule has 4 rings (SSSR count). The predicted molar refractivity (Wildman–Crippen MR) is 110 cm³/mol. The first-order valence-electron chi connectivity index (χ1n) is 9.30. The van der Waals surface area contributed by atoms with Gasteiger partial charge in [-0.3, -0.25) is 4.90 Å². The normalized spacial score (nSPS) is 16.2. The Bertz CT molecular complexity index is 1090. The van der Waals surface area contributed by atoms with Crippen molar-refractivity contribution in [1.29, 1.82) is 0 Å². The number of halogens is 1. The topological polar surface area (TPSA) is 79.5 Å². The third-order valence-corrected chi connectivity index (χ3v) is 7.17. The molecular weight excluding hydrogens is 412 g/mol. The van der Waals surface area contributed by atoms with Crippen molar-refractivity contribution in [3.8, 4) is 11.5 Å². The quantitative estimate of drug-likeness (QED) is 0.616. The zero-order valence-corrected chi connectivity index (χ0v) is 17.5. The van der Waals surface area contributed by atoms with Gasteiger partial charge in [0.05, 0.1) is 22.0 Å². The smallest absolute Gasteiger partial charge is 0.259 e. The summed E-state index contributed by atoms with van der Waals surface area (Å²) in [5.74, 6) is 0.931. The summed E-state index contributed by atoms with van der Waals surface area (Å²) >= 11 is 6.18. The fourth-order valence-corrected chi connectivity index (χ4v) is 4.89. The number of hydrogen-bond donors (Lipinski definition) is 0. The molecule has 0 saturated carbocycles. The van der Waals surface area contributed by atoms with E-state index in [4.69, 9.17) is 16.1 Å². The molecule has 0 spiro atoms. The SMILES string of the molecule is Cc1ccc(S(=O)(=O)N2CCN(Cc3noc(-c4ccccc4Cl)n3)CC2)cc1. The van der Waals surface area contributed by atoms with Crippen LogP contribution in [-0.2, 0) is 16.6 Å². The van der Waals surface area contributed by atoms with Gasteiger partial charge in [-0.05, 0) is 31.2 Å². The number of rotatable bonds is 5. The summed E-state index contributed by atoms with van der Waals surface area (Å²) in [4.78, 5) is 6.87. The molecule has 0 amide bonds. The number of hydrogen-bond acceptors (Lipinski definition) is 6. The Hall–Kier alpha value is -2.26. The van der Waals surface area contributed by atoms with Crippen molar-refractivity contribution in [3.05, 3.63) is 64.9 Å². The number of aryl methyl sites for hydroxylation is 1. The maximum absolute atomic E-state index is 12.8. The minimum absolute atomic E-state index is 0.332. The highest BCUT2D eigenvalue weighted by molar-refractivity contribution is 7.89. The average Bonchev–Trinajstić information content (AvgIpc) is 3.17. The minimum atomic E-state index is -3.47. The lowest BCUT2D eigenvalue weighted by Gasteiger charge is -2.33. The maximum Gasteiger partial charge on any atom is 0.259 e. The molecule has 0 atom stereocenters. The van der Waals surface area contributed by atoms with Gasteiger partial charge in [-0.25, -0.2) is 8.42 Å². The highest BCUT2D eigenvalue weighted by Gasteiger charge is 2.29. The van der Waals surface area contributed by atoms with Gasteiger partial charge in [0.25, 0.3) is 5.89 Å². The Labute approximate surface area is 174 Å². The third kappa shape index (κ3) is 4.35. The lowest BCUT2D eigenvalue weighted by molar-refractivity contribution is 0.176. The zero-order valence-electron chi connectivity index (χ0n) is 16.0. The number of benzene rings is 2. The molecule has 0 N–H and O–H groups in total. The van der Waals surface area contributed by atoms with Gasteiger partial charge in [-0.15, -0.1) is 0 Å². The lowest BCUT2D eigenvalue weighted by Crippen LogP contribution is -2.48. The molecule has 29 heavy (non-hydrogen) atoms. The zero-order chi connectivity index (χ0) is 20.4. The molecule has 1 fully saturated rings. The van der Waals surface area contributed by atoms with Crippen molar-refractivity contribution < 1.29 is 12.9 Å². The Kier molecular flexibility index (Phi) is 5.69. The minimum Gasteiger partial charge on any atom is -0.334 e. The van der Waals surface area contributed by atoms with E-state index in [0.29, 0.717) is 59.9 Å². The van der Waals surface area contributed by atoms with Crippen LogP contribution in [0.2, 0.25) is 5.02 Å². The van der Waals surface area contributed by atoms with E-state index in [1.165, 1.54) is 4.31 Å². The highest BCUT2D eigenvalue weighted by atomic mass is 35.5. The summed E-state index contributed by atoms with van der Waals surface area (Å²) in [5, 5.41) is 4.59. The fourth-order valence-electron chi connectivity index (χ4n) is 3.25. The lowest BCUT2D eigenvalue weighted by atomic mass is 10.2. The van der Waals surface area contributed by atoms with E-state index in [0.717, 1.165) is 5.56 Å². The maximum atomic E-state index is 12.8. The van der Waals surface area contributed by atoms with Gasteiger partial charge in [0.1, 0.15) is 0 Å². The van der Waals surface area contributed by atoms with Crippen LogP contribution in [0, 0.1) is 6.92 Å². The summed E-state index contributed by atoms with van der Waals surface area (Å²) in [6.45, 7) is 4.47. The summed E-state index contributed by atoms with van der Waals surface area (Å²) in [7, 11) is -3.47. The van der Waals surface area contributed by atoms with E-state index < -0.39 is 10.0 Å². The monoisotopic (exact) mass is 432 g/mol. The van der Waals surface area contributed by atoms with Gasteiger partial charge in [-0.1, -0.05) is 46.6 Å². The van der Waals surface area contributed by atoms with Crippen LogP contribution in [0.5, 0.6) is 0 Å². The second-order valence-corrected chi connectivity index (χ2v) is 9.33. The van der Waals surface area contributed by atoms with Crippen molar-refractivity contribution in [3.63, 3.8) is 0 Å². The highest BCUT2D eigenvalue weighted by Crippen LogP contribution is 2.26. The summed E-state index contributed by atoms with van der Waals surface area (Å²) in [5.41, 5.74) is 1.73. The fraction of sp³-hybridized carbons (Fsp3) is 0.300. The second kappa shape index (κ2) is 8.23. The van der Waals surface area contributed by atoms with Gasteiger partial charge in [0.2, 0.25) is 10.0 Å². The summed E-state index contributed by atoms with van der Waals surface area (Å²) in [6.07, 6.45) is 0. The van der Waals surface area contributed by atoms with Crippen LogP contribution in [0.25, 0.3) is 11.5 Å². The number of piperazine rings is 1. The van der Waals surface area contributed by atoms with Crippen LogP contribution < -0.4 is 0 Å². The molecule has 7 nitrogen and oxygen atoms in total. The molecule has 0 bridgehead atoms. The number of nitrogens with zero attached hydrogens (tertiary/aromatic N) is 4. The summed E-state index contributed by atoms with van der Waals surface area (Å²) < 4.78 is 32.5. The Balaban J connectivity index is 1.38. The van der Waals surface area contributed by atoms with Crippen LogP contribution in [0.3, 0.4) is 0 Å². The van der Waals surface area contributed by atoms with Crippen LogP contribution in [0.1, 0.15) is 11.4 Å². The third-order valence-electron chi connectivity index (χ3n) is 4.93. The molecule has 152 valence electrons. The molecule has 2 aromatic carbocycles. The Morgan fingerprint density at radius 1 is 1.03 bits per heavy atom. The molecular formula is C20H21ClN4O3S. The van der Waals surface area contributed by atoms with E-state index >= 15 is 0 Å². The largest absolute Gasteiger partial charge is 0.334 e. The molecule has 0 unspecified atom stereocenters. The van der Waals surface area contributed by atoms with Crippen molar-refractivity contribution in [2.24, 2.45) is 0 Å². The number of aromatic nitrogens is 2. The summed E-state index contributed by atoms with van der Waals surface area (Å²) in [6, 6.07) is 14.2. The molecule has 0 radical (unpaired) electrons. The Morgan fingerprint density at radius 2 is 1.72 bits per heavy atom. The van der Waals surface area contributed by atoms with E-state index in [2.05, 4.69) is 15.0 Å². The molecule has 3 aromatic rings. The van der Waals surface area contributed by atoms with Crippen LogP contribution >= 0.6 is 11.6 Å². The standard InChI is InChI=1S/C20H21ClN4O3S/c1-15-6-8-16(9-7-15)29(26,27)25-12-10-24(11-13-25)14-19-22-20(28-23-19)17-4-2-3-5-18(17)21/h2-9H,10-14H2,1H3. The van der Waals surface area contributed by atoms with Crippen LogP contribution in [-0.4, -0.2) is 53.9 Å². The van der Waals surface area contributed by atoms with E-state index in [-0.39, 0.29) is 0 Å². The van der Waals surface area contributed by atoms with Gasteiger partial charge < -0.3 is 4.52 Å². The van der Waals surface area contributed by atoms with Gasteiger partial charge >= 0.3 is 0 Å². The van der Waals surface area contributed by atoms with Crippen molar-refractivity contribution >= 4 is 21.6 Å². The first kappa shape index (κ1) is 20.0. The van der Waals surface area contributed by atoms with E-state index in [9.17, 15) is 8.42 Å². The van der Waals surface area contributed by atoms with E-state index in [1.807, 2.05) is 37.3 Å². The first-order valence-corrected chi connectivity index (χ1v) is 11.1. The average molecular weight is 433 g/mol. The number of sulfonamides is 1. The molecule has 1 aliphatic rings. The predicted octanol–water partition coefficient (Wildman–Crippen LogP) is 3.20.